The highest BCUT2D eigenvalue weighted by Gasteiger charge is 2.40. The van der Waals surface area contributed by atoms with Gasteiger partial charge in [-0.3, -0.25) is 0 Å². The summed E-state index contributed by atoms with van der Waals surface area (Å²) in [5.74, 6) is 0. The van der Waals surface area contributed by atoms with E-state index in [4.69, 9.17) is 0 Å². The zero-order valence-corrected chi connectivity index (χ0v) is 9.83. The van der Waals surface area contributed by atoms with Crippen LogP contribution in [0.3, 0.4) is 0 Å². The molecule has 0 saturated heterocycles. The highest BCUT2D eigenvalue weighted by Crippen LogP contribution is 2.38. The lowest BCUT2D eigenvalue weighted by atomic mass is 9.68. The van der Waals surface area contributed by atoms with Gasteiger partial charge >= 0.3 is 0 Å². The van der Waals surface area contributed by atoms with Gasteiger partial charge in [-0.05, 0) is 25.8 Å². The Bertz CT molecular complexity index is 326. The third-order valence-electron chi connectivity index (χ3n) is 3.59. The molecule has 2 atom stereocenters. The lowest BCUT2D eigenvalue weighted by Gasteiger charge is -2.40. The van der Waals surface area contributed by atoms with Crippen LogP contribution in [0, 0.1) is 0 Å². The van der Waals surface area contributed by atoms with Crippen molar-refractivity contribution in [3.8, 4) is 0 Å². The highest BCUT2D eigenvalue weighted by atomic mass is 16.3. The van der Waals surface area contributed by atoms with Crippen molar-refractivity contribution in [1.82, 2.24) is 0 Å². The second kappa shape index (κ2) is 4.19. The van der Waals surface area contributed by atoms with Crippen LogP contribution in [0.5, 0.6) is 0 Å². The summed E-state index contributed by atoms with van der Waals surface area (Å²) >= 11 is 0. The summed E-state index contributed by atoms with van der Waals surface area (Å²) in [5.41, 5.74) is -0.0640. The largest absolute Gasteiger partial charge is 0.389 e. The molecule has 1 nitrogen and oxygen atoms in total. The molecule has 1 heteroatoms. The van der Waals surface area contributed by atoms with Crippen LogP contribution in [-0.2, 0) is 5.41 Å². The van der Waals surface area contributed by atoms with E-state index in [9.17, 15) is 5.11 Å². The average molecular weight is 204 g/mol. The molecule has 1 aromatic rings. The summed E-state index contributed by atoms with van der Waals surface area (Å²) in [6.45, 7) is 9.74. The quantitative estimate of drug-likeness (QED) is 0.746. The molecule has 0 aliphatic rings. The van der Waals surface area contributed by atoms with Gasteiger partial charge in [0.15, 0.2) is 0 Å². The Morgan fingerprint density at radius 3 is 2.20 bits per heavy atom. The molecule has 0 radical (unpaired) electrons. The summed E-state index contributed by atoms with van der Waals surface area (Å²) in [6, 6.07) is 10.0. The highest BCUT2D eigenvalue weighted by molar-refractivity contribution is 5.33. The van der Waals surface area contributed by atoms with Crippen molar-refractivity contribution in [3.05, 3.63) is 48.6 Å². The standard InChI is InChI=1S/C14H20O/c1-5-13(3,14(4,15)6-2)12-10-8-7-9-11-12/h5,7-11,15H,1,6H2,2-4H3/t13-,14-/m1/s1. The fourth-order valence-electron chi connectivity index (χ4n) is 1.80. The van der Waals surface area contributed by atoms with Gasteiger partial charge in [0, 0.05) is 5.41 Å². The maximum atomic E-state index is 10.4. The Hall–Kier alpha value is -1.08. The molecule has 0 heterocycles. The van der Waals surface area contributed by atoms with Crippen molar-refractivity contribution in [2.75, 3.05) is 0 Å². The number of benzene rings is 1. The van der Waals surface area contributed by atoms with Crippen LogP contribution < -0.4 is 0 Å². The predicted molar refractivity (Wildman–Crippen MR) is 64.9 cm³/mol. The monoisotopic (exact) mass is 204 g/mol. The smallest absolute Gasteiger partial charge is 0.0745 e. The molecule has 1 N–H and O–H groups in total. The Morgan fingerprint density at radius 2 is 1.80 bits per heavy atom. The van der Waals surface area contributed by atoms with Crippen LogP contribution in [0.25, 0.3) is 0 Å². The minimum absolute atomic E-state index is 0.400. The third kappa shape index (κ3) is 1.98. The molecule has 1 rings (SSSR count). The van der Waals surface area contributed by atoms with E-state index in [-0.39, 0.29) is 0 Å². The maximum absolute atomic E-state index is 10.4. The van der Waals surface area contributed by atoms with Crippen molar-refractivity contribution in [2.24, 2.45) is 0 Å². The van der Waals surface area contributed by atoms with E-state index < -0.39 is 11.0 Å². The number of hydrogen-bond acceptors (Lipinski definition) is 1. The van der Waals surface area contributed by atoms with Crippen molar-refractivity contribution < 1.29 is 5.11 Å². The van der Waals surface area contributed by atoms with E-state index in [0.29, 0.717) is 6.42 Å². The third-order valence-corrected chi connectivity index (χ3v) is 3.59. The van der Waals surface area contributed by atoms with Gasteiger partial charge in [-0.25, -0.2) is 0 Å². The second-order valence-corrected chi connectivity index (χ2v) is 4.40. The molecule has 0 spiro atoms. The van der Waals surface area contributed by atoms with Gasteiger partial charge in [-0.15, -0.1) is 6.58 Å². The summed E-state index contributed by atoms with van der Waals surface area (Å²) in [4.78, 5) is 0. The Kier molecular flexibility index (Phi) is 3.35. The van der Waals surface area contributed by atoms with Crippen LogP contribution in [-0.4, -0.2) is 10.7 Å². The van der Waals surface area contributed by atoms with E-state index in [1.165, 1.54) is 0 Å². The number of rotatable bonds is 4. The van der Waals surface area contributed by atoms with E-state index in [1.54, 1.807) is 0 Å². The van der Waals surface area contributed by atoms with Crippen molar-refractivity contribution in [1.29, 1.82) is 0 Å². The molecule has 0 fully saturated rings. The number of hydrogen-bond donors (Lipinski definition) is 1. The molecule has 1 aromatic carbocycles. The van der Waals surface area contributed by atoms with E-state index in [2.05, 4.69) is 6.58 Å². The zero-order chi connectivity index (χ0) is 11.5. The van der Waals surface area contributed by atoms with Gasteiger partial charge in [0.1, 0.15) is 0 Å². The molecule has 0 saturated carbocycles. The summed E-state index contributed by atoms with van der Waals surface area (Å²) in [5, 5.41) is 10.4. The first-order valence-corrected chi connectivity index (χ1v) is 5.39. The molecule has 15 heavy (non-hydrogen) atoms. The van der Waals surface area contributed by atoms with Crippen molar-refractivity contribution in [3.63, 3.8) is 0 Å². The SMILES string of the molecule is C=C[C@](C)(c1ccccc1)[C@](C)(O)CC. The Balaban J connectivity index is 3.23. The molecule has 82 valence electrons. The first-order valence-electron chi connectivity index (χ1n) is 5.39. The summed E-state index contributed by atoms with van der Waals surface area (Å²) < 4.78 is 0. The zero-order valence-electron chi connectivity index (χ0n) is 9.83. The van der Waals surface area contributed by atoms with Crippen LogP contribution in [0.2, 0.25) is 0 Å². The molecule has 0 unspecified atom stereocenters. The number of aliphatic hydroxyl groups is 1. The van der Waals surface area contributed by atoms with Gasteiger partial charge in [-0.2, -0.15) is 0 Å². The lowest BCUT2D eigenvalue weighted by Crippen LogP contribution is -2.45. The first kappa shape index (κ1) is 12.0. The summed E-state index contributed by atoms with van der Waals surface area (Å²) in [6.07, 6.45) is 2.54. The topological polar surface area (TPSA) is 20.2 Å². The summed E-state index contributed by atoms with van der Waals surface area (Å²) in [7, 11) is 0. The fourth-order valence-corrected chi connectivity index (χ4v) is 1.80. The second-order valence-electron chi connectivity index (χ2n) is 4.40. The molecule has 0 aliphatic heterocycles. The normalized spacial score (nSPS) is 18.9. The molecule has 0 bridgehead atoms. The van der Waals surface area contributed by atoms with Gasteiger partial charge in [0.05, 0.1) is 5.60 Å². The molecule has 0 amide bonds. The van der Waals surface area contributed by atoms with Crippen molar-refractivity contribution in [2.45, 2.75) is 38.2 Å². The van der Waals surface area contributed by atoms with E-state index >= 15 is 0 Å². The van der Waals surface area contributed by atoms with Crippen molar-refractivity contribution >= 4 is 0 Å². The average Bonchev–Trinajstić information content (AvgIpc) is 2.29. The van der Waals surface area contributed by atoms with Gasteiger partial charge in [-0.1, -0.05) is 43.3 Å². The van der Waals surface area contributed by atoms with Gasteiger partial charge < -0.3 is 5.11 Å². The van der Waals surface area contributed by atoms with Crippen LogP contribution in [0.1, 0.15) is 32.8 Å². The van der Waals surface area contributed by atoms with E-state index in [1.807, 2.05) is 57.2 Å². The Morgan fingerprint density at radius 1 is 1.27 bits per heavy atom. The lowest BCUT2D eigenvalue weighted by molar-refractivity contribution is 0.000970. The first-order chi connectivity index (χ1) is 6.98. The van der Waals surface area contributed by atoms with Crippen LogP contribution >= 0.6 is 0 Å². The molecule has 0 aliphatic carbocycles. The van der Waals surface area contributed by atoms with Gasteiger partial charge in [0.25, 0.3) is 0 Å². The van der Waals surface area contributed by atoms with Crippen LogP contribution in [0.4, 0.5) is 0 Å². The van der Waals surface area contributed by atoms with Crippen LogP contribution in [0.15, 0.2) is 43.0 Å². The predicted octanol–water partition coefficient (Wildman–Crippen LogP) is 3.29. The minimum atomic E-state index is -0.768. The minimum Gasteiger partial charge on any atom is -0.389 e. The molecule has 0 aromatic heterocycles. The molecular weight excluding hydrogens is 184 g/mol. The van der Waals surface area contributed by atoms with Gasteiger partial charge in [0.2, 0.25) is 0 Å². The van der Waals surface area contributed by atoms with E-state index in [0.717, 1.165) is 5.56 Å². The fraction of sp³-hybridized carbons (Fsp3) is 0.429. The maximum Gasteiger partial charge on any atom is 0.0745 e. The molecular formula is C14H20O. The Labute approximate surface area is 92.5 Å².